The zero-order valence-electron chi connectivity index (χ0n) is 17.4. The fraction of sp³-hybridized carbons (Fsp3) is 0.0769. The molecule has 0 saturated heterocycles. The van der Waals surface area contributed by atoms with E-state index in [1.54, 1.807) is 4.57 Å². The largest absolute Gasteiger partial charge is 0.355 e. The Morgan fingerprint density at radius 1 is 1.00 bits per heavy atom. The maximum absolute atomic E-state index is 13.6. The molecule has 2 heterocycles. The molecule has 6 heteroatoms. The number of thioether (sulfide) groups is 1. The monoisotopic (exact) mass is 457 g/mol. The van der Waals surface area contributed by atoms with Gasteiger partial charge in [-0.2, -0.15) is 0 Å². The molecule has 0 saturated carbocycles. The van der Waals surface area contributed by atoms with Crippen LogP contribution in [0.3, 0.4) is 0 Å². The average molecular weight is 458 g/mol. The summed E-state index contributed by atoms with van der Waals surface area (Å²) in [6.07, 6.45) is 1.86. The summed E-state index contributed by atoms with van der Waals surface area (Å²) in [5, 5.41) is 1.34. The van der Waals surface area contributed by atoms with E-state index in [0.29, 0.717) is 27.0 Å². The van der Waals surface area contributed by atoms with Crippen LogP contribution < -0.4 is 5.56 Å². The molecule has 0 aliphatic heterocycles. The number of fused-ring (bicyclic) bond motifs is 1. The summed E-state index contributed by atoms with van der Waals surface area (Å²) >= 11 is 7.69. The number of nitrogens with zero attached hydrogens (tertiary/aromatic N) is 2. The minimum Gasteiger partial charge on any atom is -0.355 e. The molecule has 0 aliphatic rings. The van der Waals surface area contributed by atoms with Crippen molar-refractivity contribution in [2.24, 2.45) is 0 Å². The Morgan fingerprint density at radius 3 is 2.53 bits per heavy atom. The van der Waals surface area contributed by atoms with Gasteiger partial charge in [0.2, 0.25) is 0 Å². The zero-order valence-corrected chi connectivity index (χ0v) is 19.0. The molecule has 0 aliphatic carbocycles. The molecule has 1 N–H and O–H groups in total. The third-order valence-electron chi connectivity index (χ3n) is 5.30. The van der Waals surface area contributed by atoms with Crippen molar-refractivity contribution < 1.29 is 0 Å². The van der Waals surface area contributed by atoms with Gasteiger partial charge in [0.25, 0.3) is 5.56 Å². The standard InChI is InChI=1S/C26H20ClN3OS/c1-17-10-12-21(13-11-17)30-25(31)24-23(22(15-28-24)19-7-3-2-4-8-19)29-26(30)32-16-18-6-5-9-20(27)14-18/h2-15,28H,16H2,1H3. The van der Waals surface area contributed by atoms with E-state index in [0.717, 1.165) is 27.9 Å². The van der Waals surface area contributed by atoms with Crippen molar-refractivity contribution in [3.8, 4) is 16.8 Å². The van der Waals surface area contributed by atoms with Crippen LogP contribution >= 0.6 is 23.4 Å². The number of H-pyrrole nitrogens is 1. The first kappa shape index (κ1) is 20.6. The predicted octanol–water partition coefficient (Wildman–Crippen LogP) is 6.63. The summed E-state index contributed by atoms with van der Waals surface area (Å²) in [6, 6.07) is 25.6. The van der Waals surface area contributed by atoms with Gasteiger partial charge >= 0.3 is 0 Å². The van der Waals surface area contributed by atoms with Crippen molar-refractivity contribution in [3.05, 3.63) is 112 Å². The second-order valence-electron chi connectivity index (χ2n) is 7.58. The topological polar surface area (TPSA) is 50.7 Å². The Labute approximate surface area is 194 Å². The SMILES string of the molecule is Cc1ccc(-n2c(SCc3cccc(Cl)c3)nc3c(-c4ccccc4)c[nH]c3c2=O)cc1. The maximum atomic E-state index is 13.6. The third-order valence-corrected chi connectivity index (χ3v) is 6.55. The smallest absolute Gasteiger partial charge is 0.283 e. The lowest BCUT2D eigenvalue weighted by Crippen LogP contribution is -2.21. The molecule has 0 bridgehead atoms. The van der Waals surface area contributed by atoms with E-state index in [4.69, 9.17) is 16.6 Å². The van der Waals surface area contributed by atoms with Crippen LogP contribution in [-0.2, 0) is 5.75 Å². The van der Waals surface area contributed by atoms with Crippen molar-refractivity contribution in [3.63, 3.8) is 0 Å². The molecule has 0 fully saturated rings. The molecule has 32 heavy (non-hydrogen) atoms. The quantitative estimate of drug-likeness (QED) is 0.238. The highest BCUT2D eigenvalue weighted by molar-refractivity contribution is 7.98. The van der Waals surface area contributed by atoms with Crippen LogP contribution in [0.4, 0.5) is 0 Å². The van der Waals surface area contributed by atoms with Crippen LogP contribution in [0.5, 0.6) is 0 Å². The summed E-state index contributed by atoms with van der Waals surface area (Å²) in [5.41, 5.74) is 5.99. The number of rotatable bonds is 5. The van der Waals surface area contributed by atoms with Crippen molar-refractivity contribution >= 4 is 34.4 Å². The van der Waals surface area contributed by atoms with Crippen LogP contribution in [-0.4, -0.2) is 14.5 Å². The van der Waals surface area contributed by atoms with Crippen molar-refractivity contribution in [1.82, 2.24) is 14.5 Å². The van der Waals surface area contributed by atoms with Gasteiger partial charge in [0, 0.05) is 22.5 Å². The highest BCUT2D eigenvalue weighted by Crippen LogP contribution is 2.30. The molecule has 3 aromatic carbocycles. The molecular formula is C26H20ClN3OS. The maximum Gasteiger partial charge on any atom is 0.283 e. The zero-order chi connectivity index (χ0) is 22.1. The lowest BCUT2D eigenvalue weighted by molar-refractivity contribution is 0.818. The first-order valence-corrected chi connectivity index (χ1v) is 11.6. The number of hydrogen-bond donors (Lipinski definition) is 1. The van der Waals surface area contributed by atoms with E-state index in [-0.39, 0.29) is 5.56 Å². The molecule has 5 rings (SSSR count). The lowest BCUT2D eigenvalue weighted by atomic mass is 10.1. The van der Waals surface area contributed by atoms with Gasteiger partial charge in [-0.05, 0) is 42.3 Å². The Kier molecular flexibility index (Phi) is 5.60. The number of aryl methyl sites for hydroxylation is 1. The van der Waals surface area contributed by atoms with E-state index in [1.165, 1.54) is 11.8 Å². The van der Waals surface area contributed by atoms with Gasteiger partial charge in [0.1, 0.15) is 11.0 Å². The Hall–Kier alpha value is -3.28. The van der Waals surface area contributed by atoms with E-state index in [2.05, 4.69) is 4.98 Å². The van der Waals surface area contributed by atoms with E-state index in [9.17, 15) is 4.79 Å². The number of aromatic amines is 1. The first-order chi connectivity index (χ1) is 15.6. The number of hydrogen-bond acceptors (Lipinski definition) is 3. The third kappa shape index (κ3) is 3.97. The summed E-state index contributed by atoms with van der Waals surface area (Å²) in [7, 11) is 0. The number of aromatic nitrogens is 3. The molecular weight excluding hydrogens is 438 g/mol. The molecule has 0 atom stereocenters. The second-order valence-corrected chi connectivity index (χ2v) is 8.96. The van der Waals surface area contributed by atoms with Gasteiger partial charge in [0.15, 0.2) is 5.16 Å². The molecule has 2 aromatic heterocycles. The summed E-state index contributed by atoms with van der Waals surface area (Å²) in [5.74, 6) is 0.648. The van der Waals surface area contributed by atoms with Gasteiger partial charge < -0.3 is 4.98 Å². The predicted molar refractivity (Wildman–Crippen MR) is 133 cm³/mol. The summed E-state index contributed by atoms with van der Waals surface area (Å²) in [6.45, 7) is 2.03. The van der Waals surface area contributed by atoms with Crippen LogP contribution in [0.25, 0.3) is 27.8 Å². The van der Waals surface area contributed by atoms with E-state index >= 15 is 0 Å². The highest BCUT2D eigenvalue weighted by atomic mass is 35.5. The fourth-order valence-corrected chi connectivity index (χ4v) is 4.83. The van der Waals surface area contributed by atoms with E-state index in [1.807, 2.05) is 92.0 Å². The van der Waals surface area contributed by atoms with Gasteiger partial charge in [-0.25, -0.2) is 4.98 Å². The van der Waals surface area contributed by atoms with Crippen molar-refractivity contribution in [2.75, 3.05) is 0 Å². The molecule has 4 nitrogen and oxygen atoms in total. The second kappa shape index (κ2) is 8.69. The number of benzene rings is 3. The van der Waals surface area contributed by atoms with Crippen LogP contribution in [0.1, 0.15) is 11.1 Å². The van der Waals surface area contributed by atoms with E-state index < -0.39 is 0 Å². The molecule has 5 aromatic rings. The molecule has 158 valence electrons. The van der Waals surface area contributed by atoms with Crippen LogP contribution in [0, 0.1) is 6.92 Å². The Balaban J connectivity index is 1.67. The molecule has 0 unspecified atom stereocenters. The number of halogens is 1. The Morgan fingerprint density at radius 2 is 1.78 bits per heavy atom. The highest BCUT2D eigenvalue weighted by Gasteiger charge is 2.18. The lowest BCUT2D eigenvalue weighted by Gasteiger charge is -2.13. The average Bonchev–Trinajstić information content (AvgIpc) is 3.24. The minimum absolute atomic E-state index is 0.116. The van der Waals surface area contributed by atoms with Crippen LogP contribution in [0.2, 0.25) is 5.02 Å². The van der Waals surface area contributed by atoms with Gasteiger partial charge in [-0.15, -0.1) is 0 Å². The summed E-state index contributed by atoms with van der Waals surface area (Å²) in [4.78, 5) is 21.7. The molecule has 0 radical (unpaired) electrons. The first-order valence-electron chi connectivity index (χ1n) is 10.2. The molecule has 0 spiro atoms. The summed E-state index contributed by atoms with van der Waals surface area (Å²) < 4.78 is 1.68. The van der Waals surface area contributed by atoms with Gasteiger partial charge in [-0.3, -0.25) is 9.36 Å². The number of nitrogens with one attached hydrogen (secondary N) is 1. The van der Waals surface area contributed by atoms with Crippen LogP contribution in [0.15, 0.2) is 95.0 Å². The normalized spacial score (nSPS) is 11.2. The van der Waals surface area contributed by atoms with Crippen molar-refractivity contribution in [2.45, 2.75) is 17.8 Å². The fourth-order valence-electron chi connectivity index (χ4n) is 3.67. The Bertz CT molecular complexity index is 1460. The van der Waals surface area contributed by atoms with Gasteiger partial charge in [0.05, 0.1) is 5.69 Å². The van der Waals surface area contributed by atoms with Crippen molar-refractivity contribution in [1.29, 1.82) is 0 Å². The molecule has 0 amide bonds. The minimum atomic E-state index is -0.116. The van der Waals surface area contributed by atoms with Gasteiger partial charge in [-0.1, -0.05) is 83.5 Å².